The summed E-state index contributed by atoms with van der Waals surface area (Å²) in [6.07, 6.45) is 1.43. The van der Waals surface area contributed by atoms with Crippen molar-refractivity contribution in [2.45, 2.75) is 6.61 Å². The number of hydrogen-bond donors (Lipinski definition) is 0. The molecule has 0 bridgehead atoms. The lowest BCUT2D eigenvalue weighted by molar-refractivity contribution is 0.294. The fourth-order valence-electron chi connectivity index (χ4n) is 0.877. The van der Waals surface area contributed by atoms with Crippen LogP contribution >= 0.6 is 22.9 Å². The van der Waals surface area contributed by atoms with Gasteiger partial charge in [-0.2, -0.15) is 10.1 Å². The molecular weight excluding hydrogens is 222 g/mol. The first kappa shape index (κ1) is 9.36. The molecule has 72 valence electrons. The molecule has 0 radical (unpaired) electrons. The highest BCUT2D eigenvalue weighted by atomic mass is 35.5. The zero-order valence-electron chi connectivity index (χ0n) is 7.05. The van der Waals surface area contributed by atoms with Crippen LogP contribution in [0.1, 0.15) is 4.88 Å². The van der Waals surface area contributed by atoms with Crippen LogP contribution in [0.3, 0.4) is 0 Å². The van der Waals surface area contributed by atoms with Crippen LogP contribution in [0, 0.1) is 0 Å². The van der Waals surface area contributed by atoms with Gasteiger partial charge in [-0.05, 0) is 23.0 Å². The van der Waals surface area contributed by atoms with E-state index in [0.717, 1.165) is 4.88 Å². The van der Waals surface area contributed by atoms with Gasteiger partial charge in [-0.15, -0.1) is 16.4 Å². The van der Waals surface area contributed by atoms with E-state index in [2.05, 4.69) is 15.2 Å². The van der Waals surface area contributed by atoms with Gasteiger partial charge in [0.1, 0.15) is 12.8 Å². The largest absolute Gasteiger partial charge is 0.471 e. The fraction of sp³-hybridized carbons (Fsp3) is 0.125. The van der Waals surface area contributed by atoms with Crippen molar-refractivity contribution in [3.8, 4) is 5.88 Å². The molecule has 2 rings (SSSR count). The molecule has 0 amide bonds. The van der Waals surface area contributed by atoms with Crippen LogP contribution in [0.4, 0.5) is 0 Å². The van der Waals surface area contributed by atoms with Gasteiger partial charge >= 0.3 is 0 Å². The van der Waals surface area contributed by atoms with Crippen LogP contribution in [-0.4, -0.2) is 15.2 Å². The van der Waals surface area contributed by atoms with Crippen molar-refractivity contribution < 1.29 is 4.74 Å². The maximum Gasteiger partial charge on any atom is 0.246 e. The molecule has 4 nitrogen and oxygen atoms in total. The molecule has 0 aliphatic heterocycles. The summed E-state index contributed by atoms with van der Waals surface area (Å²) in [5, 5.41) is 9.21. The van der Waals surface area contributed by atoms with Crippen molar-refractivity contribution in [2.24, 2.45) is 0 Å². The highest BCUT2D eigenvalue weighted by Gasteiger charge is 1.99. The summed E-state index contributed by atoms with van der Waals surface area (Å²) >= 11 is 7.17. The van der Waals surface area contributed by atoms with Crippen LogP contribution < -0.4 is 4.74 Å². The van der Waals surface area contributed by atoms with Crippen molar-refractivity contribution >= 4 is 22.9 Å². The fourth-order valence-corrected chi connectivity index (χ4v) is 1.62. The lowest BCUT2D eigenvalue weighted by Gasteiger charge is -2.01. The smallest absolute Gasteiger partial charge is 0.246 e. The van der Waals surface area contributed by atoms with Gasteiger partial charge in [0.05, 0.1) is 0 Å². The Labute approximate surface area is 89.5 Å². The standard InChI is InChI=1S/C8H6ClN3OS/c9-8-11-7(4-10-12-8)13-5-6-2-1-3-14-6/h1-4H,5H2. The van der Waals surface area contributed by atoms with E-state index in [1.807, 2.05) is 17.5 Å². The summed E-state index contributed by atoms with van der Waals surface area (Å²) in [5.74, 6) is 0.387. The van der Waals surface area contributed by atoms with E-state index in [4.69, 9.17) is 16.3 Å². The zero-order chi connectivity index (χ0) is 9.80. The summed E-state index contributed by atoms with van der Waals surface area (Å²) < 4.78 is 5.34. The van der Waals surface area contributed by atoms with E-state index in [1.54, 1.807) is 11.3 Å². The third-order valence-electron chi connectivity index (χ3n) is 1.45. The molecule has 6 heteroatoms. The second kappa shape index (κ2) is 4.34. The average Bonchev–Trinajstić information content (AvgIpc) is 2.67. The van der Waals surface area contributed by atoms with E-state index in [0.29, 0.717) is 12.5 Å². The lowest BCUT2D eigenvalue weighted by atomic mass is 10.5. The van der Waals surface area contributed by atoms with Crippen molar-refractivity contribution in [3.05, 3.63) is 33.9 Å². The summed E-state index contributed by atoms with van der Waals surface area (Å²) in [6.45, 7) is 0.479. The molecule has 0 N–H and O–H groups in total. The van der Waals surface area contributed by atoms with Gasteiger partial charge in [-0.3, -0.25) is 0 Å². The summed E-state index contributed by atoms with van der Waals surface area (Å²) in [7, 11) is 0. The minimum Gasteiger partial charge on any atom is -0.471 e. The Morgan fingerprint density at radius 1 is 1.50 bits per heavy atom. The van der Waals surface area contributed by atoms with E-state index < -0.39 is 0 Å². The van der Waals surface area contributed by atoms with Crippen molar-refractivity contribution in [2.75, 3.05) is 0 Å². The molecule has 0 aliphatic carbocycles. The Kier molecular flexibility index (Phi) is 2.90. The zero-order valence-corrected chi connectivity index (χ0v) is 8.63. The van der Waals surface area contributed by atoms with Gasteiger partial charge in [0.15, 0.2) is 0 Å². The third-order valence-corrected chi connectivity index (χ3v) is 2.46. The predicted molar refractivity (Wildman–Crippen MR) is 53.5 cm³/mol. The van der Waals surface area contributed by atoms with Gasteiger partial charge in [0, 0.05) is 4.88 Å². The topological polar surface area (TPSA) is 47.9 Å². The number of thiophene rings is 1. The monoisotopic (exact) mass is 227 g/mol. The Hall–Kier alpha value is -1.20. The van der Waals surface area contributed by atoms with E-state index in [-0.39, 0.29) is 5.28 Å². The van der Waals surface area contributed by atoms with E-state index in [9.17, 15) is 0 Å². The number of rotatable bonds is 3. The van der Waals surface area contributed by atoms with Crippen LogP contribution in [0.2, 0.25) is 5.28 Å². The first-order valence-electron chi connectivity index (χ1n) is 3.85. The molecule has 0 aliphatic rings. The van der Waals surface area contributed by atoms with Gasteiger partial charge in [-0.1, -0.05) is 6.07 Å². The van der Waals surface area contributed by atoms with E-state index in [1.165, 1.54) is 6.20 Å². The first-order valence-corrected chi connectivity index (χ1v) is 5.11. The number of halogens is 1. The number of hydrogen-bond acceptors (Lipinski definition) is 5. The minimum atomic E-state index is 0.0914. The molecule has 2 aromatic rings. The molecular formula is C8H6ClN3OS. The molecule has 14 heavy (non-hydrogen) atoms. The van der Waals surface area contributed by atoms with Gasteiger partial charge < -0.3 is 4.74 Å². The SMILES string of the molecule is Clc1nncc(OCc2cccs2)n1. The molecule has 0 unspecified atom stereocenters. The second-order valence-corrected chi connectivity index (χ2v) is 3.80. The van der Waals surface area contributed by atoms with Crippen LogP contribution in [0.25, 0.3) is 0 Å². The van der Waals surface area contributed by atoms with Crippen LogP contribution in [0.15, 0.2) is 23.7 Å². The predicted octanol–water partition coefficient (Wildman–Crippen LogP) is 2.17. The molecule has 0 aromatic carbocycles. The van der Waals surface area contributed by atoms with Crippen molar-refractivity contribution in [3.63, 3.8) is 0 Å². The Balaban J connectivity index is 1.98. The molecule has 0 fully saturated rings. The maximum atomic E-state index is 5.54. The third kappa shape index (κ3) is 2.40. The van der Waals surface area contributed by atoms with Crippen molar-refractivity contribution in [1.29, 1.82) is 0 Å². The Morgan fingerprint density at radius 3 is 3.14 bits per heavy atom. The summed E-state index contributed by atoms with van der Waals surface area (Å²) in [4.78, 5) is 4.97. The summed E-state index contributed by atoms with van der Waals surface area (Å²) in [6, 6.07) is 3.95. The van der Waals surface area contributed by atoms with Gasteiger partial charge in [0.25, 0.3) is 0 Å². The molecule has 0 saturated carbocycles. The van der Waals surface area contributed by atoms with E-state index >= 15 is 0 Å². The molecule has 2 aromatic heterocycles. The first-order chi connectivity index (χ1) is 6.84. The molecule has 0 spiro atoms. The Bertz CT molecular complexity index is 407. The highest BCUT2D eigenvalue weighted by molar-refractivity contribution is 7.09. The molecule has 0 atom stereocenters. The van der Waals surface area contributed by atoms with Gasteiger partial charge in [0.2, 0.25) is 11.2 Å². The second-order valence-electron chi connectivity index (χ2n) is 2.43. The minimum absolute atomic E-state index is 0.0914. The average molecular weight is 228 g/mol. The van der Waals surface area contributed by atoms with Crippen LogP contribution in [-0.2, 0) is 6.61 Å². The van der Waals surface area contributed by atoms with Gasteiger partial charge in [-0.25, -0.2) is 0 Å². The lowest BCUT2D eigenvalue weighted by Crippen LogP contribution is -1.97. The highest BCUT2D eigenvalue weighted by Crippen LogP contribution is 2.13. The number of aromatic nitrogens is 3. The maximum absolute atomic E-state index is 5.54. The Morgan fingerprint density at radius 2 is 2.43 bits per heavy atom. The number of nitrogens with zero attached hydrogens (tertiary/aromatic N) is 3. The quantitative estimate of drug-likeness (QED) is 0.806. The normalized spacial score (nSPS) is 10.1. The summed E-state index contributed by atoms with van der Waals surface area (Å²) in [5.41, 5.74) is 0. The molecule has 0 saturated heterocycles. The van der Waals surface area contributed by atoms with Crippen molar-refractivity contribution in [1.82, 2.24) is 15.2 Å². The van der Waals surface area contributed by atoms with Crippen LogP contribution in [0.5, 0.6) is 5.88 Å². The molecule has 2 heterocycles. The number of ether oxygens (including phenoxy) is 1.